The van der Waals surface area contributed by atoms with E-state index < -0.39 is 0 Å². The molecule has 1 N–H and O–H groups in total. The maximum atomic E-state index is 5.97. The lowest BCUT2D eigenvalue weighted by Gasteiger charge is -2.12. The van der Waals surface area contributed by atoms with Crippen LogP contribution in [0.25, 0.3) is 10.9 Å². The Balaban J connectivity index is 1.86. The SMILES string of the molecule is Clc1ccc2[nH]c(CN3CCCC3)cc2c1. The van der Waals surface area contributed by atoms with Crippen molar-refractivity contribution in [1.82, 2.24) is 9.88 Å². The van der Waals surface area contributed by atoms with Crippen LogP contribution in [0.1, 0.15) is 18.5 Å². The number of nitrogens with one attached hydrogen (secondary N) is 1. The molecule has 1 aliphatic rings. The molecule has 0 radical (unpaired) electrons. The van der Waals surface area contributed by atoms with Gasteiger partial charge in [0.1, 0.15) is 0 Å². The van der Waals surface area contributed by atoms with Gasteiger partial charge >= 0.3 is 0 Å². The summed E-state index contributed by atoms with van der Waals surface area (Å²) in [6.07, 6.45) is 2.68. The number of rotatable bonds is 2. The largest absolute Gasteiger partial charge is 0.357 e. The van der Waals surface area contributed by atoms with Gasteiger partial charge in [-0.15, -0.1) is 0 Å². The number of likely N-dealkylation sites (tertiary alicyclic amines) is 1. The lowest BCUT2D eigenvalue weighted by molar-refractivity contribution is 0.328. The highest BCUT2D eigenvalue weighted by atomic mass is 35.5. The molecule has 2 aromatic rings. The minimum absolute atomic E-state index is 0.805. The second-order valence-corrected chi connectivity index (χ2v) is 4.95. The van der Waals surface area contributed by atoms with E-state index in [0.717, 1.165) is 11.6 Å². The van der Waals surface area contributed by atoms with Crippen molar-refractivity contribution in [2.45, 2.75) is 19.4 Å². The first-order valence-corrected chi connectivity index (χ1v) is 6.18. The molecule has 0 aliphatic carbocycles. The highest BCUT2D eigenvalue weighted by Gasteiger charge is 2.12. The summed E-state index contributed by atoms with van der Waals surface area (Å²) in [7, 11) is 0. The van der Waals surface area contributed by atoms with Crippen LogP contribution in [0, 0.1) is 0 Å². The van der Waals surface area contributed by atoms with Gasteiger partial charge in [0, 0.05) is 28.2 Å². The summed E-state index contributed by atoms with van der Waals surface area (Å²) in [5.41, 5.74) is 2.47. The zero-order valence-electron chi connectivity index (χ0n) is 9.17. The quantitative estimate of drug-likeness (QED) is 0.844. The van der Waals surface area contributed by atoms with Crippen LogP contribution in [0.2, 0.25) is 5.02 Å². The summed E-state index contributed by atoms with van der Waals surface area (Å²) in [6.45, 7) is 3.50. The van der Waals surface area contributed by atoms with Crippen LogP contribution in [-0.4, -0.2) is 23.0 Å². The number of benzene rings is 1. The fourth-order valence-electron chi connectivity index (χ4n) is 2.43. The minimum atomic E-state index is 0.805. The summed E-state index contributed by atoms with van der Waals surface area (Å²) in [6, 6.07) is 8.20. The number of nitrogens with zero attached hydrogens (tertiary/aromatic N) is 1. The fourth-order valence-corrected chi connectivity index (χ4v) is 2.61. The average Bonchev–Trinajstić information content (AvgIpc) is 2.86. The van der Waals surface area contributed by atoms with E-state index in [1.807, 2.05) is 18.2 Å². The van der Waals surface area contributed by atoms with Crippen LogP contribution in [0.15, 0.2) is 24.3 Å². The van der Waals surface area contributed by atoms with Crippen LogP contribution in [0.4, 0.5) is 0 Å². The molecule has 3 heteroatoms. The number of aromatic amines is 1. The molecule has 2 heterocycles. The van der Waals surface area contributed by atoms with Gasteiger partial charge in [0.25, 0.3) is 0 Å². The molecule has 0 unspecified atom stereocenters. The molecule has 1 aromatic carbocycles. The van der Waals surface area contributed by atoms with Gasteiger partial charge in [-0.05, 0) is 50.2 Å². The van der Waals surface area contributed by atoms with Crippen molar-refractivity contribution in [3.05, 3.63) is 35.0 Å². The standard InChI is InChI=1S/C13H15ClN2/c14-11-3-4-13-10(7-11)8-12(15-13)9-16-5-1-2-6-16/h3-4,7-8,15H,1-2,5-6,9H2. The first-order valence-electron chi connectivity index (χ1n) is 5.81. The summed E-state index contributed by atoms with van der Waals surface area (Å²) in [5, 5.41) is 2.01. The Morgan fingerprint density at radius 1 is 1.19 bits per heavy atom. The summed E-state index contributed by atoms with van der Waals surface area (Å²) in [4.78, 5) is 5.94. The Morgan fingerprint density at radius 3 is 2.81 bits per heavy atom. The van der Waals surface area contributed by atoms with Crippen molar-refractivity contribution in [3.63, 3.8) is 0 Å². The summed E-state index contributed by atoms with van der Waals surface area (Å²) in [5.74, 6) is 0. The lowest BCUT2D eigenvalue weighted by Crippen LogP contribution is -2.18. The molecule has 1 aromatic heterocycles. The third kappa shape index (κ3) is 1.95. The number of fused-ring (bicyclic) bond motifs is 1. The molecule has 16 heavy (non-hydrogen) atoms. The molecule has 0 spiro atoms. The Hall–Kier alpha value is -0.990. The molecule has 2 nitrogen and oxygen atoms in total. The maximum absolute atomic E-state index is 5.97. The molecule has 0 atom stereocenters. The van der Waals surface area contributed by atoms with Crippen LogP contribution < -0.4 is 0 Å². The van der Waals surface area contributed by atoms with Gasteiger partial charge < -0.3 is 4.98 Å². The van der Waals surface area contributed by atoms with Gasteiger partial charge in [0.15, 0.2) is 0 Å². The first-order chi connectivity index (χ1) is 7.81. The molecule has 1 aliphatic heterocycles. The van der Waals surface area contributed by atoms with Gasteiger partial charge in [-0.25, -0.2) is 0 Å². The molecular formula is C13H15ClN2. The topological polar surface area (TPSA) is 19.0 Å². The number of H-pyrrole nitrogens is 1. The van der Waals surface area contributed by atoms with Crippen LogP contribution in [0.3, 0.4) is 0 Å². The van der Waals surface area contributed by atoms with E-state index in [-0.39, 0.29) is 0 Å². The zero-order valence-corrected chi connectivity index (χ0v) is 9.93. The van der Waals surface area contributed by atoms with Crippen molar-refractivity contribution >= 4 is 22.5 Å². The monoisotopic (exact) mass is 234 g/mol. The second kappa shape index (κ2) is 4.11. The predicted molar refractivity (Wildman–Crippen MR) is 67.8 cm³/mol. The maximum Gasteiger partial charge on any atom is 0.0457 e. The average molecular weight is 235 g/mol. The molecule has 0 amide bonds. The zero-order chi connectivity index (χ0) is 11.0. The highest BCUT2D eigenvalue weighted by Crippen LogP contribution is 2.21. The fraction of sp³-hybridized carbons (Fsp3) is 0.385. The Morgan fingerprint density at radius 2 is 2.00 bits per heavy atom. The molecule has 0 saturated carbocycles. The van der Waals surface area contributed by atoms with Gasteiger partial charge in [0.05, 0.1) is 0 Å². The van der Waals surface area contributed by atoms with E-state index in [9.17, 15) is 0 Å². The van der Waals surface area contributed by atoms with Crippen molar-refractivity contribution in [1.29, 1.82) is 0 Å². The smallest absolute Gasteiger partial charge is 0.0457 e. The van der Waals surface area contributed by atoms with Crippen molar-refractivity contribution in [3.8, 4) is 0 Å². The van der Waals surface area contributed by atoms with Crippen molar-refractivity contribution in [2.75, 3.05) is 13.1 Å². The van der Waals surface area contributed by atoms with E-state index in [1.54, 1.807) is 0 Å². The number of halogens is 1. The normalized spacial score (nSPS) is 17.3. The van der Waals surface area contributed by atoms with Crippen molar-refractivity contribution in [2.24, 2.45) is 0 Å². The van der Waals surface area contributed by atoms with Crippen LogP contribution >= 0.6 is 11.6 Å². The van der Waals surface area contributed by atoms with E-state index in [1.165, 1.54) is 42.5 Å². The third-order valence-corrected chi connectivity index (χ3v) is 3.47. The van der Waals surface area contributed by atoms with Crippen molar-refractivity contribution < 1.29 is 0 Å². The second-order valence-electron chi connectivity index (χ2n) is 4.51. The van der Waals surface area contributed by atoms with Gasteiger partial charge in [-0.2, -0.15) is 0 Å². The van der Waals surface area contributed by atoms with E-state index >= 15 is 0 Å². The van der Waals surface area contributed by atoms with E-state index in [0.29, 0.717) is 0 Å². The van der Waals surface area contributed by atoms with Gasteiger partial charge in [-0.3, -0.25) is 4.90 Å². The lowest BCUT2D eigenvalue weighted by atomic mass is 10.2. The summed E-state index contributed by atoms with van der Waals surface area (Å²) >= 11 is 5.97. The highest BCUT2D eigenvalue weighted by molar-refractivity contribution is 6.31. The Kier molecular flexibility index (Phi) is 2.62. The van der Waals surface area contributed by atoms with E-state index in [4.69, 9.17) is 11.6 Å². The number of hydrogen-bond acceptors (Lipinski definition) is 1. The van der Waals surface area contributed by atoms with Gasteiger partial charge in [0.2, 0.25) is 0 Å². The molecule has 1 fully saturated rings. The first kappa shape index (κ1) is 10.2. The summed E-state index contributed by atoms with van der Waals surface area (Å²) < 4.78 is 0. The van der Waals surface area contributed by atoms with Gasteiger partial charge in [-0.1, -0.05) is 11.6 Å². The van der Waals surface area contributed by atoms with E-state index in [2.05, 4.69) is 16.0 Å². The molecular weight excluding hydrogens is 220 g/mol. The predicted octanol–water partition coefficient (Wildman–Crippen LogP) is 3.42. The van der Waals surface area contributed by atoms with Crippen LogP contribution in [-0.2, 0) is 6.54 Å². The molecule has 0 bridgehead atoms. The van der Waals surface area contributed by atoms with Crippen LogP contribution in [0.5, 0.6) is 0 Å². The molecule has 84 valence electrons. The third-order valence-electron chi connectivity index (χ3n) is 3.23. The Labute approximate surface area is 100 Å². The number of aromatic nitrogens is 1. The molecule has 3 rings (SSSR count). The molecule has 1 saturated heterocycles. The Bertz CT molecular complexity index is 498. The minimum Gasteiger partial charge on any atom is -0.357 e. The number of hydrogen-bond donors (Lipinski definition) is 1.